The lowest BCUT2D eigenvalue weighted by atomic mass is 10.2. The minimum Gasteiger partial charge on any atom is -0.300 e. The second kappa shape index (κ2) is 3.86. The molecule has 1 aliphatic heterocycles. The van der Waals surface area contributed by atoms with Gasteiger partial charge in [-0.15, -0.1) is 0 Å². The second-order valence-corrected chi connectivity index (χ2v) is 3.41. The molecule has 0 bridgehead atoms. The first kappa shape index (κ1) is 9.92. The Labute approximate surface area is 86.8 Å². The molecule has 0 atom stereocenters. The third-order valence-corrected chi connectivity index (χ3v) is 2.16. The third-order valence-electron chi connectivity index (χ3n) is 2.16. The molecule has 1 heterocycles. The van der Waals surface area contributed by atoms with Crippen LogP contribution in [0.4, 0.5) is 9.18 Å². The summed E-state index contributed by atoms with van der Waals surface area (Å²) in [7, 11) is 1.65. The predicted octanol–water partition coefficient (Wildman–Crippen LogP) is 1.58. The summed E-state index contributed by atoms with van der Waals surface area (Å²) in [6, 6.07) is 5.89. The highest BCUT2D eigenvalue weighted by Gasteiger charge is 2.26. The lowest BCUT2D eigenvalue weighted by molar-refractivity contribution is -0.0933. The number of benzene rings is 1. The molecular weight excluding hydrogens is 199 g/mol. The fourth-order valence-electron chi connectivity index (χ4n) is 1.37. The van der Waals surface area contributed by atoms with Gasteiger partial charge in [0.15, 0.2) is 6.73 Å². The number of hydroxylamine groups is 2. The highest BCUT2D eigenvalue weighted by atomic mass is 19.1. The Hall–Kier alpha value is -1.62. The van der Waals surface area contributed by atoms with Gasteiger partial charge in [-0.2, -0.15) is 5.06 Å². The highest BCUT2D eigenvalue weighted by Crippen LogP contribution is 2.13. The lowest BCUT2D eigenvalue weighted by Crippen LogP contribution is -2.28. The smallest absolute Gasteiger partial charge is 0.300 e. The van der Waals surface area contributed by atoms with Gasteiger partial charge in [0.05, 0.1) is 6.54 Å². The van der Waals surface area contributed by atoms with Gasteiger partial charge in [-0.05, 0) is 17.7 Å². The largest absolute Gasteiger partial charge is 0.345 e. The van der Waals surface area contributed by atoms with Crippen molar-refractivity contribution in [1.29, 1.82) is 0 Å². The van der Waals surface area contributed by atoms with Crippen LogP contribution in [-0.2, 0) is 11.4 Å². The van der Waals surface area contributed by atoms with Crippen LogP contribution in [0, 0.1) is 5.82 Å². The Bertz CT molecular complexity index is 383. The zero-order valence-electron chi connectivity index (χ0n) is 8.31. The first-order chi connectivity index (χ1) is 7.16. The molecule has 1 aromatic carbocycles. The first-order valence-corrected chi connectivity index (χ1v) is 4.57. The molecule has 0 N–H and O–H groups in total. The molecule has 0 spiro atoms. The molecule has 1 aromatic rings. The van der Waals surface area contributed by atoms with Gasteiger partial charge in [-0.25, -0.2) is 14.0 Å². The van der Waals surface area contributed by atoms with Crippen LogP contribution in [0.5, 0.6) is 0 Å². The zero-order chi connectivity index (χ0) is 10.8. The molecule has 0 unspecified atom stereocenters. The second-order valence-electron chi connectivity index (χ2n) is 3.41. The fraction of sp³-hybridized carbons (Fsp3) is 0.300. The van der Waals surface area contributed by atoms with Crippen molar-refractivity contribution in [2.45, 2.75) is 6.54 Å². The summed E-state index contributed by atoms with van der Waals surface area (Å²) in [5.41, 5.74) is 0.707. The van der Waals surface area contributed by atoms with Gasteiger partial charge in [0.25, 0.3) is 0 Å². The van der Waals surface area contributed by atoms with Crippen molar-refractivity contribution in [2.24, 2.45) is 0 Å². The molecule has 2 amide bonds. The number of rotatable bonds is 2. The fourth-order valence-corrected chi connectivity index (χ4v) is 1.37. The Morgan fingerprint density at radius 2 is 2.33 bits per heavy atom. The molecule has 4 nitrogen and oxygen atoms in total. The number of halogens is 1. The molecule has 1 saturated heterocycles. The standard InChI is InChI=1S/C10H11FN2O2/c1-12-7-15-13(10(12)14)6-8-3-2-4-9(11)5-8/h2-5H,6-7H2,1H3. The highest BCUT2D eigenvalue weighted by molar-refractivity contribution is 5.74. The van der Waals surface area contributed by atoms with Gasteiger partial charge in [0.2, 0.25) is 0 Å². The molecule has 2 rings (SSSR count). The summed E-state index contributed by atoms with van der Waals surface area (Å²) in [5.74, 6) is -0.312. The number of carbonyl (C=O) groups is 1. The van der Waals surface area contributed by atoms with Gasteiger partial charge in [-0.1, -0.05) is 12.1 Å². The molecule has 5 heteroatoms. The summed E-state index contributed by atoms with van der Waals surface area (Å²) in [6.07, 6.45) is 0. The van der Waals surface area contributed by atoms with E-state index in [1.54, 1.807) is 19.2 Å². The van der Waals surface area contributed by atoms with Crippen LogP contribution in [0.1, 0.15) is 5.56 Å². The zero-order valence-corrected chi connectivity index (χ0v) is 8.31. The van der Waals surface area contributed by atoms with Gasteiger partial charge >= 0.3 is 6.03 Å². The number of hydrogen-bond donors (Lipinski definition) is 0. The van der Waals surface area contributed by atoms with E-state index >= 15 is 0 Å². The van der Waals surface area contributed by atoms with E-state index in [2.05, 4.69) is 0 Å². The summed E-state index contributed by atoms with van der Waals surface area (Å²) < 4.78 is 12.9. The first-order valence-electron chi connectivity index (χ1n) is 4.57. The van der Waals surface area contributed by atoms with Crippen molar-refractivity contribution in [3.63, 3.8) is 0 Å². The number of carbonyl (C=O) groups excluding carboxylic acids is 1. The van der Waals surface area contributed by atoms with Crippen LogP contribution in [0.25, 0.3) is 0 Å². The van der Waals surface area contributed by atoms with Crippen LogP contribution in [0.15, 0.2) is 24.3 Å². The van der Waals surface area contributed by atoms with Crippen LogP contribution in [-0.4, -0.2) is 29.8 Å². The van der Waals surface area contributed by atoms with E-state index in [9.17, 15) is 9.18 Å². The summed E-state index contributed by atoms with van der Waals surface area (Å²) in [5, 5.41) is 1.22. The maximum Gasteiger partial charge on any atom is 0.345 e. The summed E-state index contributed by atoms with van der Waals surface area (Å²) >= 11 is 0. The van der Waals surface area contributed by atoms with E-state index in [1.807, 2.05) is 0 Å². The predicted molar refractivity (Wildman–Crippen MR) is 51.1 cm³/mol. The molecule has 80 valence electrons. The van der Waals surface area contributed by atoms with E-state index in [-0.39, 0.29) is 25.1 Å². The summed E-state index contributed by atoms with van der Waals surface area (Å²) in [4.78, 5) is 18.0. The van der Waals surface area contributed by atoms with Crippen molar-refractivity contribution >= 4 is 6.03 Å². The van der Waals surface area contributed by atoms with E-state index in [4.69, 9.17) is 4.84 Å². The van der Waals surface area contributed by atoms with E-state index in [0.717, 1.165) is 0 Å². The maximum absolute atomic E-state index is 12.9. The average molecular weight is 210 g/mol. The van der Waals surface area contributed by atoms with Gasteiger partial charge in [0, 0.05) is 7.05 Å². The Balaban J connectivity index is 2.06. The van der Waals surface area contributed by atoms with Crippen molar-refractivity contribution in [2.75, 3.05) is 13.8 Å². The molecule has 0 saturated carbocycles. The molecule has 1 fully saturated rings. The SMILES string of the molecule is CN1CON(Cc2cccc(F)c2)C1=O. The molecule has 15 heavy (non-hydrogen) atoms. The van der Waals surface area contributed by atoms with Gasteiger partial charge in [-0.3, -0.25) is 0 Å². The van der Waals surface area contributed by atoms with Crippen molar-refractivity contribution in [3.05, 3.63) is 35.6 Å². The average Bonchev–Trinajstić information content (AvgIpc) is 2.50. The third kappa shape index (κ3) is 2.07. The van der Waals surface area contributed by atoms with E-state index < -0.39 is 0 Å². The minimum atomic E-state index is -0.312. The lowest BCUT2D eigenvalue weighted by Gasteiger charge is -2.12. The monoisotopic (exact) mass is 210 g/mol. The summed E-state index contributed by atoms with van der Waals surface area (Å²) in [6.45, 7) is 0.509. The molecule has 1 aliphatic rings. The van der Waals surface area contributed by atoms with Gasteiger partial charge < -0.3 is 4.90 Å². The number of amides is 2. The van der Waals surface area contributed by atoms with Crippen LogP contribution in [0.3, 0.4) is 0 Å². The normalized spacial score (nSPS) is 16.3. The van der Waals surface area contributed by atoms with Gasteiger partial charge in [0.1, 0.15) is 5.82 Å². The van der Waals surface area contributed by atoms with Crippen LogP contribution in [0.2, 0.25) is 0 Å². The Kier molecular flexibility index (Phi) is 2.55. The van der Waals surface area contributed by atoms with E-state index in [1.165, 1.54) is 22.1 Å². The number of urea groups is 1. The Morgan fingerprint density at radius 1 is 1.53 bits per heavy atom. The Morgan fingerprint density at radius 3 is 2.93 bits per heavy atom. The number of hydrogen-bond acceptors (Lipinski definition) is 2. The van der Waals surface area contributed by atoms with E-state index in [0.29, 0.717) is 5.56 Å². The van der Waals surface area contributed by atoms with Crippen molar-refractivity contribution in [1.82, 2.24) is 9.96 Å². The quantitative estimate of drug-likeness (QED) is 0.742. The molecule has 0 aliphatic carbocycles. The molecule has 0 aromatic heterocycles. The minimum absolute atomic E-state index is 0.209. The molecular formula is C10H11FN2O2. The maximum atomic E-state index is 12.9. The van der Waals surface area contributed by atoms with Crippen LogP contribution < -0.4 is 0 Å². The van der Waals surface area contributed by atoms with Crippen molar-refractivity contribution in [3.8, 4) is 0 Å². The van der Waals surface area contributed by atoms with Crippen molar-refractivity contribution < 1.29 is 14.0 Å². The van der Waals surface area contributed by atoms with Crippen LogP contribution >= 0.6 is 0 Å². The molecule has 0 radical (unpaired) electrons. The number of nitrogens with zero attached hydrogens (tertiary/aromatic N) is 2. The topological polar surface area (TPSA) is 32.8 Å².